The molecule has 0 bridgehead atoms. The third-order valence-electron chi connectivity index (χ3n) is 4.65. The van der Waals surface area contributed by atoms with Gasteiger partial charge in [-0.15, -0.1) is 0 Å². The molecule has 6 heteroatoms. The zero-order valence-electron chi connectivity index (χ0n) is 16.2. The minimum atomic E-state index is -0.178. The highest BCUT2D eigenvalue weighted by atomic mass is 16.5. The van der Waals surface area contributed by atoms with E-state index in [2.05, 4.69) is 15.3 Å². The molecule has 4 aromatic rings. The molecule has 2 aromatic carbocycles. The van der Waals surface area contributed by atoms with Crippen LogP contribution in [0.1, 0.15) is 18.1 Å². The second-order valence-corrected chi connectivity index (χ2v) is 6.60. The predicted octanol–water partition coefficient (Wildman–Crippen LogP) is 3.85. The van der Waals surface area contributed by atoms with Gasteiger partial charge in [0.15, 0.2) is 5.82 Å². The molecule has 29 heavy (non-hydrogen) atoms. The quantitative estimate of drug-likeness (QED) is 0.522. The Bertz CT molecular complexity index is 1170. The van der Waals surface area contributed by atoms with Crippen LogP contribution in [0.5, 0.6) is 5.75 Å². The summed E-state index contributed by atoms with van der Waals surface area (Å²) < 4.78 is 7.39. The first-order valence-electron chi connectivity index (χ1n) is 9.59. The Hall–Kier alpha value is -3.67. The van der Waals surface area contributed by atoms with Crippen LogP contribution in [0, 0.1) is 0 Å². The van der Waals surface area contributed by atoms with Gasteiger partial charge in [0.25, 0.3) is 5.56 Å². The molecule has 0 saturated carbocycles. The van der Waals surface area contributed by atoms with E-state index in [0.717, 1.165) is 22.4 Å². The van der Waals surface area contributed by atoms with Crippen LogP contribution < -0.4 is 15.6 Å². The van der Waals surface area contributed by atoms with Crippen molar-refractivity contribution in [3.63, 3.8) is 0 Å². The van der Waals surface area contributed by atoms with Crippen LogP contribution in [0.2, 0.25) is 0 Å². The molecule has 146 valence electrons. The Morgan fingerprint density at radius 2 is 1.83 bits per heavy atom. The number of aromatic nitrogens is 3. The molecule has 0 atom stereocenters. The Morgan fingerprint density at radius 1 is 1.03 bits per heavy atom. The zero-order valence-corrected chi connectivity index (χ0v) is 16.2. The standard InChI is InChI=1S/C23H22N4O2/c1-2-29-21-11-7-6-10-18(21)14-25-22-23(28)27(16-17-8-4-3-5-9-17)20-15-24-13-12-19(20)26-22/h3-13,15H,2,14,16H2,1H3,(H,25,26). The van der Waals surface area contributed by atoms with E-state index < -0.39 is 0 Å². The van der Waals surface area contributed by atoms with Gasteiger partial charge in [0.1, 0.15) is 5.75 Å². The summed E-state index contributed by atoms with van der Waals surface area (Å²) in [5, 5.41) is 3.20. The van der Waals surface area contributed by atoms with Crippen molar-refractivity contribution in [3.05, 3.63) is 94.5 Å². The molecule has 4 rings (SSSR count). The topological polar surface area (TPSA) is 69.0 Å². The molecule has 0 saturated heterocycles. The molecule has 0 aliphatic heterocycles. The number of benzene rings is 2. The number of rotatable bonds is 7. The second kappa shape index (κ2) is 8.56. The Balaban J connectivity index is 1.70. The summed E-state index contributed by atoms with van der Waals surface area (Å²) in [6, 6.07) is 19.5. The van der Waals surface area contributed by atoms with Gasteiger partial charge in [0.05, 0.1) is 30.4 Å². The largest absolute Gasteiger partial charge is 0.494 e. The minimum absolute atomic E-state index is 0.178. The van der Waals surface area contributed by atoms with Crippen LogP contribution in [-0.2, 0) is 13.1 Å². The lowest BCUT2D eigenvalue weighted by Gasteiger charge is -2.14. The summed E-state index contributed by atoms with van der Waals surface area (Å²) in [5.74, 6) is 1.11. The summed E-state index contributed by atoms with van der Waals surface area (Å²) in [7, 11) is 0. The summed E-state index contributed by atoms with van der Waals surface area (Å²) in [6.45, 7) is 3.43. The van der Waals surface area contributed by atoms with E-state index in [9.17, 15) is 4.79 Å². The van der Waals surface area contributed by atoms with Crippen molar-refractivity contribution in [1.82, 2.24) is 14.5 Å². The Morgan fingerprint density at radius 3 is 2.66 bits per heavy atom. The van der Waals surface area contributed by atoms with E-state index in [4.69, 9.17) is 4.74 Å². The predicted molar refractivity (Wildman–Crippen MR) is 114 cm³/mol. The molecule has 0 spiro atoms. The van der Waals surface area contributed by atoms with Crippen molar-refractivity contribution in [2.24, 2.45) is 0 Å². The summed E-state index contributed by atoms with van der Waals surface area (Å²) in [5.41, 5.74) is 3.26. The molecule has 2 aromatic heterocycles. The van der Waals surface area contributed by atoms with Gasteiger partial charge >= 0.3 is 0 Å². The molecule has 0 amide bonds. The van der Waals surface area contributed by atoms with Crippen molar-refractivity contribution < 1.29 is 4.74 Å². The van der Waals surface area contributed by atoms with E-state index >= 15 is 0 Å². The third kappa shape index (κ3) is 4.11. The third-order valence-corrected chi connectivity index (χ3v) is 4.65. The monoisotopic (exact) mass is 386 g/mol. The molecule has 2 heterocycles. The number of hydrogen-bond acceptors (Lipinski definition) is 5. The fourth-order valence-corrected chi connectivity index (χ4v) is 3.25. The summed E-state index contributed by atoms with van der Waals surface area (Å²) in [4.78, 5) is 21.9. The van der Waals surface area contributed by atoms with Crippen LogP contribution in [-0.4, -0.2) is 21.1 Å². The van der Waals surface area contributed by atoms with Crippen LogP contribution in [0.3, 0.4) is 0 Å². The lowest BCUT2D eigenvalue weighted by molar-refractivity contribution is 0.337. The molecule has 1 N–H and O–H groups in total. The van der Waals surface area contributed by atoms with Crippen LogP contribution >= 0.6 is 0 Å². The average molecular weight is 386 g/mol. The SMILES string of the molecule is CCOc1ccccc1CNc1nc2ccncc2n(Cc2ccccc2)c1=O. The van der Waals surface area contributed by atoms with Gasteiger partial charge < -0.3 is 10.1 Å². The molecule has 0 aliphatic rings. The van der Waals surface area contributed by atoms with Crippen molar-refractivity contribution in [3.8, 4) is 5.75 Å². The lowest BCUT2D eigenvalue weighted by atomic mass is 10.2. The Labute approximate surface area is 168 Å². The maximum absolute atomic E-state index is 13.2. The number of para-hydroxylation sites is 1. The van der Waals surface area contributed by atoms with Gasteiger partial charge in [-0.25, -0.2) is 4.98 Å². The first-order valence-corrected chi connectivity index (χ1v) is 9.59. The van der Waals surface area contributed by atoms with Crippen molar-refractivity contribution in [2.75, 3.05) is 11.9 Å². The molecule has 0 unspecified atom stereocenters. The van der Waals surface area contributed by atoms with Crippen LogP contribution in [0.15, 0.2) is 77.9 Å². The lowest BCUT2D eigenvalue weighted by Crippen LogP contribution is -2.26. The first-order chi connectivity index (χ1) is 14.3. The van der Waals surface area contributed by atoms with Gasteiger partial charge in [-0.3, -0.25) is 14.3 Å². The van der Waals surface area contributed by atoms with Crippen LogP contribution in [0.25, 0.3) is 11.0 Å². The van der Waals surface area contributed by atoms with E-state index in [0.29, 0.717) is 31.0 Å². The van der Waals surface area contributed by atoms with Gasteiger partial charge in [-0.05, 0) is 24.6 Å². The smallest absolute Gasteiger partial charge is 0.294 e. The molecular formula is C23H22N4O2. The molecule has 0 fully saturated rings. The van der Waals surface area contributed by atoms with E-state index in [1.54, 1.807) is 17.0 Å². The van der Waals surface area contributed by atoms with E-state index in [-0.39, 0.29) is 5.56 Å². The normalized spacial score (nSPS) is 10.8. The highest BCUT2D eigenvalue weighted by Gasteiger charge is 2.12. The number of anilines is 1. The fraction of sp³-hybridized carbons (Fsp3) is 0.174. The number of pyridine rings is 1. The number of nitrogens with zero attached hydrogens (tertiary/aromatic N) is 3. The summed E-state index contributed by atoms with van der Waals surface area (Å²) in [6.07, 6.45) is 3.36. The van der Waals surface area contributed by atoms with Gasteiger partial charge in [0.2, 0.25) is 0 Å². The number of nitrogens with one attached hydrogen (secondary N) is 1. The molecule has 0 aliphatic carbocycles. The molecule has 6 nitrogen and oxygen atoms in total. The second-order valence-electron chi connectivity index (χ2n) is 6.60. The van der Waals surface area contributed by atoms with Crippen LogP contribution in [0.4, 0.5) is 5.82 Å². The van der Waals surface area contributed by atoms with Crippen molar-refractivity contribution in [1.29, 1.82) is 0 Å². The first kappa shape index (κ1) is 18.7. The molecular weight excluding hydrogens is 364 g/mol. The van der Waals surface area contributed by atoms with Crippen molar-refractivity contribution in [2.45, 2.75) is 20.0 Å². The zero-order chi connectivity index (χ0) is 20.1. The van der Waals surface area contributed by atoms with Gasteiger partial charge in [-0.2, -0.15) is 0 Å². The highest BCUT2D eigenvalue weighted by Crippen LogP contribution is 2.19. The maximum Gasteiger partial charge on any atom is 0.294 e. The highest BCUT2D eigenvalue weighted by molar-refractivity contribution is 5.75. The van der Waals surface area contributed by atoms with E-state index in [1.165, 1.54) is 0 Å². The average Bonchev–Trinajstić information content (AvgIpc) is 2.76. The maximum atomic E-state index is 13.2. The van der Waals surface area contributed by atoms with E-state index in [1.807, 2.05) is 67.6 Å². The summed E-state index contributed by atoms with van der Waals surface area (Å²) >= 11 is 0. The van der Waals surface area contributed by atoms with Gasteiger partial charge in [-0.1, -0.05) is 48.5 Å². The van der Waals surface area contributed by atoms with Gasteiger partial charge in [0, 0.05) is 18.3 Å². The fourth-order valence-electron chi connectivity index (χ4n) is 3.25. The van der Waals surface area contributed by atoms with Crippen molar-refractivity contribution >= 4 is 16.9 Å². The molecule has 0 radical (unpaired) electrons. The number of fused-ring (bicyclic) bond motifs is 1. The minimum Gasteiger partial charge on any atom is -0.494 e. The Kier molecular flexibility index (Phi) is 5.52. The number of hydrogen-bond donors (Lipinski definition) is 1. The number of ether oxygens (including phenoxy) is 1.